The Bertz CT molecular complexity index is 825. The van der Waals surface area contributed by atoms with Crippen molar-refractivity contribution >= 4 is 17.1 Å². The number of aryl methyl sites for hydroxylation is 1. The monoisotopic (exact) mass is 307 g/mol. The van der Waals surface area contributed by atoms with E-state index >= 15 is 0 Å². The largest absolute Gasteiger partial charge is 0.341 e. The number of carbonyl (C=O) groups excluding carboxylic acids is 1. The molecule has 0 aromatic carbocycles. The molecule has 0 aliphatic heterocycles. The van der Waals surface area contributed by atoms with Gasteiger partial charge in [-0.3, -0.25) is 18.7 Å². The van der Waals surface area contributed by atoms with Gasteiger partial charge in [-0.1, -0.05) is 0 Å². The summed E-state index contributed by atoms with van der Waals surface area (Å²) < 4.78 is 3.87. The summed E-state index contributed by atoms with van der Waals surface area (Å²) in [5.74, 6) is -0.0831. The number of nitrogens with zero attached hydrogens (tertiary/aromatic N) is 5. The van der Waals surface area contributed by atoms with E-state index in [2.05, 4.69) is 4.98 Å². The number of amides is 1. The van der Waals surface area contributed by atoms with Crippen LogP contribution in [-0.4, -0.2) is 42.6 Å². The van der Waals surface area contributed by atoms with E-state index in [4.69, 9.17) is 0 Å². The van der Waals surface area contributed by atoms with Crippen LogP contribution in [0.3, 0.4) is 0 Å². The van der Waals surface area contributed by atoms with E-state index < -0.39 is 17.3 Å². The lowest BCUT2D eigenvalue weighted by atomic mass is 10.2. The number of hydrogen-bond donors (Lipinski definition) is 0. The molecule has 0 aliphatic rings. The van der Waals surface area contributed by atoms with Gasteiger partial charge in [0.05, 0.1) is 6.33 Å². The Morgan fingerprint density at radius 3 is 2.36 bits per heavy atom. The third kappa shape index (κ3) is 2.24. The Morgan fingerprint density at radius 2 is 1.82 bits per heavy atom. The zero-order chi connectivity index (χ0) is 16.6. The number of hydrogen-bond acceptors (Lipinski definition) is 4. The highest BCUT2D eigenvalue weighted by Gasteiger charge is 2.24. The quantitative estimate of drug-likeness (QED) is 0.787. The van der Waals surface area contributed by atoms with Crippen LogP contribution in [0.5, 0.6) is 0 Å². The second-order valence-corrected chi connectivity index (χ2v) is 5.22. The molecule has 2 aromatic heterocycles. The van der Waals surface area contributed by atoms with E-state index in [1.807, 2.05) is 13.8 Å². The molecule has 8 nitrogen and oxygen atoms in total. The maximum atomic E-state index is 12.5. The van der Waals surface area contributed by atoms with Crippen molar-refractivity contribution < 1.29 is 4.79 Å². The van der Waals surface area contributed by atoms with Crippen LogP contribution < -0.4 is 11.2 Å². The zero-order valence-corrected chi connectivity index (χ0v) is 13.5. The van der Waals surface area contributed by atoms with Crippen molar-refractivity contribution in [1.82, 2.24) is 23.6 Å². The van der Waals surface area contributed by atoms with E-state index in [0.29, 0.717) is 13.1 Å². The lowest BCUT2D eigenvalue weighted by Gasteiger charge is -2.23. The van der Waals surface area contributed by atoms with Crippen molar-refractivity contribution in [1.29, 1.82) is 0 Å². The van der Waals surface area contributed by atoms with Crippen LogP contribution in [-0.2, 0) is 18.9 Å². The van der Waals surface area contributed by atoms with E-state index in [-0.39, 0.29) is 17.1 Å². The van der Waals surface area contributed by atoms with Gasteiger partial charge in [0.2, 0.25) is 5.91 Å². The predicted molar refractivity (Wildman–Crippen MR) is 82.9 cm³/mol. The van der Waals surface area contributed by atoms with Gasteiger partial charge in [0.15, 0.2) is 11.2 Å². The summed E-state index contributed by atoms with van der Waals surface area (Å²) in [7, 11) is 2.97. The second kappa shape index (κ2) is 5.78. The van der Waals surface area contributed by atoms with Gasteiger partial charge >= 0.3 is 5.69 Å². The molecule has 120 valence electrons. The highest BCUT2D eigenvalue weighted by atomic mass is 16.2. The van der Waals surface area contributed by atoms with Crippen molar-refractivity contribution in [3.05, 3.63) is 27.2 Å². The number of carbonyl (C=O) groups is 1. The van der Waals surface area contributed by atoms with Crippen molar-refractivity contribution in [3.8, 4) is 0 Å². The van der Waals surface area contributed by atoms with Crippen LogP contribution in [0.4, 0.5) is 0 Å². The molecule has 0 fully saturated rings. The molecule has 0 saturated carbocycles. The van der Waals surface area contributed by atoms with E-state index in [9.17, 15) is 14.4 Å². The molecule has 2 rings (SSSR count). The Kier molecular flexibility index (Phi) is 4.20. The second-order valence-electron chi connectivity index (χ2n) is 5.22. The first-order valence-electron chi connectivity index (χ1n) is 7.26. The minimum Gasteiger partial charge on any atom is -0.341 e. The van der Waals surface area contributed by atoms with Crippen molar-refractivity contribution in [2.75, 3.05) is 13.1 Å². The molecule has 0 spiro atoms. The van der Waals surface area contributed by atoms with Gasteiger partial charge in [0.1, 0.15) is 6.04 Å². The van der Waals surface area contributed by atoms with Gasteiger partial charge < -0.3 is 9.47 Å². The molecule has 1 unspecified atom stereocenters. The number of rotatable bonds is 4. The van der Waals surface area contributed by atoms with Crippen LogP contribution in [0.25, 0.3) is 11.2 Å². The maximum absolute atomic E-state index is 12.5. The van der Waals surface area contributed by atoms with Gasteiger partial charge in [0.25, 0.3) is 5.56 Å². The topological polar surface area (TPSA) is 82.1 Å². The number of likely N-dealkylation sites (N-methyl/N-ethyl adjacent to an activating group) is 1. The highest BCUT2D eigenvalue weighted by molar-refractivity contribution is 5.82. The molecule has 2 aromatic rings. The smallest absolute Gasteiger partial charge is 0.332 e. The first kappa shape index (κ1) is 16.0. The molecule has 2 heterocycles. The lowest BCUT2D eigenvalue weighted by Crippen LogP contribution is -2.39. The van der Waals surface area contributed by atoms with Crippen LogP contribution in [0.2, 0.25) is 0 Å². The van der Waals surface area contributed by atoms with Crippen LogP contribution in [0.15, 0.2) is 15.9 Å². The Hall–Kier alpha value is -2.38. The minimum absolute atomic E-state index is 0.0831. The molecule has 0 saturated heterocycles. The molecule has 0 radical (unpaired) electrons. The van der Waals surface area contributed by atoms with Gasteiger partial charge in [-0.25, -0.2) is 9.78 Å². The average Bonchev–Trinajstić information content (AvgIpc) is 2.96. The summed E-state index contributed by atoms with van der Waals surface area (Å²) in [6.07, 6.45) is 1.44. The number of imidazole rings is 1. The van der Waals surface area contributed by atoms with Crippen LogP contribution in [0.1, 0.15) is 26.8 Å². The van der Waals surface area contributed by atoms with Gasteiger partial charge in [0, 0.05) is 27.2 Å². The molecule has 1 atom stereocenters. The zero-order valence-electron chi connectivity index (χ0n) is 13.5. The fraction of sp³-hybridized carbons (Fsp3) is 0.571. The maximum Gasteiger partial charge on any atom is 0.332 e. The normalized spacial score (nSPS) is 12.6. The number of aromatic nitrogens is 4. The lowest BCUT2D eigenvalue weighted by molar-refractivity contribution is -0.133. The summed E-state index contributed by atoms with van der Waals surface area (Å²) in [5, 5.41) is 0. The first-order chi connectivity index (χ1) is 10.3. The Balaban J connectivity index is 2.66. The van der Waals surface area contributed by atoms with Crippen molar-refractivity contribution in [3.63, 3.8) is 0 Å². The van der Waals surface area contributed by atoms with Gasteiger partial charge in [-0.15, -0.1) is 0 Å². The SMILES string of the molecule is CCN(CC)C(=O)C(C)n1cnc2c1c(=O)n(C)c(=O)n2C. The summed E-state index contributed by atoms with van der Waals surface area (Å²) in [6, 6.07) is -0.560. The molecule has 0 aliphatic carbocycles. The van der Waals surface area contributed by atoms with E-state index in [0.717, 1.165) is 4.57 Å². The first-order valence-corrected chi connectivity index (χ1v) is 7.26. The standard InChI is InChI=1S/C14H21N5O3/c1-6-18(7-2)12(20)9(3)19-8-15-11-10(19)13(21)17(5)14(22)16(11)4/h8-9H,6-7H2,1-5H3. The summed E-state index contributed by atoms with van der Waals surface area (Å²) >= 11 is 0. The fourth-order valence-electron chi connectivity index (χ4n) is 2.58. The van der Waals surface area contributed by atoms with Crippen molar-refractivity contribution in [2.45, 2.75) is 26.8 Å². The molecule has 0 bridgehead atoms. The van der Waals surface area contributed by atoms with E-state index in [1.54, 1.807) is 18.9 Å². The molecule has 1 amide bonds. The van der Waals surface area contributed by atoms with Gasteiger partial charge in [-0.05, 0) is 20.8 Å². The third-order valence-corrected chi connectivity index (χ3v) is 4.02. The molecule has 22 heavy (non-hydrogen) atoms. The van der Waals surface area contributed by atoms with E-state index in [1.165, 1.54) is 22.5 Å². The molecule has 8 heteroatoms. The average molecular weight is 307 g/mol. The summed E-state index contributed by atoms with van der Waals surface area (Å²) in [6.45, 7) is 6.74. The highest BCUT2D eigenvalue weighted by Crippen LogP contribution is 2.15. The number of fused-ring (bicyclic) bond motifs is 1. The minimum atomic E-state index is -0.560. The Morgan fingerprint density at radius 1 is 1.23 bits per heavy atom. The third-order valence-electron chi connectivity index (χ3n) is 4.02. The molecule has 0 N–H and O–H groups in total. The Labute approximate surface area is 127 Å². The molecular weight excluding hydrogens is 286 g/mol. The molecular formula is C14H21N5O3. The van der Waals surface area contributed by atoms with Gasteiger partial charge in [-0.2, -0.15) is 0 Å². The van der Waals surface area contributed by atoms with Crippen LogP contribution in [0, 0.1) is 0 Å². The summed E-state index contributed by atoms with van der Waals surface area (Å²) in [4.78, 5) is 42.6. The fourth-order valence-corrected chi connectivity index (χ4v) is 2.58. The summed E-state index contributed by atoms with van der Waals surface area (Å²) in [5.41, 5.74) is -0.342. The van der Waals surface area contributed by atoms with Crippen LogP contribution >= 0.6 is 0 Å². The predicted octanol–water partition coefficient (Wildman–Crippen LogP) is -0.137. The van der Waals surface area contributed by atoms with Crippen molar-refractivity contribution in [2.24, 2.45) is 14.1 Å².